The first-order valence-corrected chi connectivity index (χ1v) is 8.06. The molecule has 2 aromatic heterocycles. The number of H-pyrrole nitrogens is 1. The molecule has 0 aliphatic carbocycles. The Kier molecular flexibility index (Phi) is 4.07. The van der Waals surface area contributed by atoms with Crippen LogP contribution in [-0.2, 0) is 11.3 Å². The highest BCUT2D eigenvalue weighted by molar-refractivity contribution is 8.01. The van der Waals surface area contributed by atoms with Crippen molar-refractivity contribution in [3.05, 3.63) is 36.0 Å². The Labute approximate surface area is 129 Å². The number of aromatic amines is 1. The molecule has 0 aliphatic rings. The maximum absolute atomic E-state index is 11.9. The molecule has 2 heterocycles. The van der Waals surface area contributed by atoms with E-state index in [0.29, 0.717) is 21.8 Å². The van der Waals surface area contributed by atoms with E-state index in [9.17, 15) is 4.79 Å². The molecular formula is C13H13N5OS2. The number of anilines is 1. The van der Waals surface area contributed by atoms with Crippen LogP contribution < -0.4 is 11.1 Å². The first-order chi connectivity index (χ1) is 10.2. The highest BCUT2D eigenvalue weighted by Crippen LogP contribution is 2.23. The standard InChI is InChI=1S/C13H13N5OS2/c14-12-17-18-13(21-12)20-7-11(19)16-6-8-2-1-3-10-9(8)4-5-15-10/h1-5,15H,6-7H2,(H2,14,17)(H,16,19). The maximum atomic E-state index is 11.9. The van der Waals surface area contributed by atoms with Crippen LogP contribution in [0.2, 0.25) is 0 Å². The Morgan fingerprint density at radius 3 is 3.10 bits per heavy atom. The Bertz CT molecular complexity index is 767. The fourth-order valence-corrected chi connectivity index (χ4v) is 3.42. The summed E-state index contributed by atoms with van der Waals surface area (Å²) in [5.74, 6) is 0.263. The topological polar surface area (TPSA) is 96.7 Å². The van der Waals surface area contributed by atoms with E-state index in [-0.39, 0.29) is 5.91 Å². The number of fused-ring (bicyclic) bond motifs is 1. The van der Waals surface area contributed by atoms with E-state index in [2.05, 4.69) is 20.5 Å². The zero-order valence-corrected chi connectivity index (χ0v) is 12.6. The Morgan fingerprint density at radius 2 is 2.29 bits per heavy atom. The Balaban J connectivity index is 1.55. The van der Waals surface area contributed by atoms with E-state index in [1.54, 1.807) is 0 Å². The Morgan fingerprint density at radius 1 is 1.38 bits per heavy atom. The van der Waals surface area contributed by atoms with E-state index < -0.39 is 0 Å². The molecule has 0 bridgehead atoms. The second-order valence-electron chi connectivity index (χ2n) is 4.33. The SMILES string of the molecule is Nc1nnc(SCC(=O)NCc2cccc3[nH]ccc23)s1. The molecule has 6 nitrogen and oxygen atoms in total. The van der Waals surface area contributed by atoms with Gasteiger partial charge < -0.3 is 16.0 Å². The Hall–Kier alpha value is -2.06. The zero-order chi connectivity index (χ0) is 14.7. The summed E-state index contributed by atoms with van der Waals surface area (Å²) in [6, 6.07) is 8.00. The highest BCUT2D eigenvalue weighted by Gasteiger charge is 2.08. The molecule has 8 heteroatoms. The van der Waals surface area contributed by atoms with Gasteiger partial charge in [0.1, 0.15) is 0 Å². The molecule has 0 radical (unpaired) electrons. The number of carbonyl (C=O) groups excluding carboxylic acids is 1. The molecule has 3 rings (SSSR count). The number of nitrogens with zero attached hydrogens (tertiary/aromatic N) is 2. The van der Waals surface area contributed by atoms with Crippen molar-refractivity contribution >= 4 is 45.0 Å². The number of thioether (sulfide) groups is 1. The lowest BCUT2D eigenvalue weighted by Crippen LogP contribution is -2.24. The minimum absolute atomic E-state index is 0.0405. The quantitative estimate of drug-likeness (QED) is 0.625. The summed E-state index contributed by atoms with van der Waals surface area (Å²) in [6.45, 7) is 0.507. The van der Waals surface area contributed by atoms with E-state index in [4.69, 9.17) is 5.73 Å². The summed E-state index contributed by atoms with van der Waals surface area (Å²) in [7, 11) is 0. The van der Waals surface area contributed by atoms with Crippen molar-refractivity contribution in [1.29, 1.82) is 0 Å². The van der Waals surface area contributed by atoms with Crippen LogP contribution in [0, 0.1) is 0 Å². The van der Waals surface area contributed by atoms with Crippen molar-refractivity contribution < 1.29 is 4.79 Å². The van der Waals surface area contributed by atoms with E-state index in [0.717, 1.165) is 16.5 Å². The number of amides is 1. The average Bonchev–Trinajstić information content (AvgIpc) is 3.11. The van der Waals surface area contributed by atoms with Crippen molar-refractivity contribution in [2.75, 3.05) is 11.5 Å². The van der Waals surface area contributed by atoms with Gasteiger partial charge in [0.15, 0.2) is 4.34 Å². The van der Waals surface area contributed by atoms with Gasteiger partial charge in [-0.2, -0.15) is 0 Å². The second kappa shape index (κ2) is 6.15. The molecule has 0 saturated heterocycles. The first kappa shape index (κ1) is 13.9. The predicted octanol–water partition coefficient (Wildman–Crippen LogP) is 2.01. The number of hydrogen-bond acceptors (Lipinski definition) is 6. The van der Waals surface area contributed by atoms with Crippen LogP contribution in [0.3, 0.4) is 0 Å². The lowest BCUT2D eigenvalue weighted by atomic mass is 10.1. The third-order valence-corrected chi connectivity index (χ3v) is 4.80. The van der Waals surface area contributed by atoms with E-state index >= 15 is 0 Å². The molecule has 0 fully saturated rings. The van der Waals surface area contributed by atoms with Gasteiger partial charge in [-0.3, -0.25) is 4.79 Å². The van der Waals surface area contributed by atoms with Gasteiger partial charge in [0, 0.05) is 23.6 Å². The van der Waals surface area contributed by atoms with Crippen molar-refractivity contribution in [2.45, 2.75) is 10.9 Å². The molecule has 3 aromatic rings. The van der Waals surface area contributed by atoms with Crippen LogP contribution in [-0.4, -0.2) is 26.8 Å². The van der Waals surface area contributed by atoms with Crippen LogP contribution in [0.1, 0.15) is 5.56 Å². The lowest BCUT2D eigenvalue weighted by molar-refractivity contribution is -0.118. The van der Waals surface area contributed by atoms with Crippen molar-refractivity contribution in [3.8, 4) is 0 Å². The minimum atomic E-state index is -0.0405. The normalized spacial score (nSPS) is 10.9. The number of benzene rings is 1. The molecule has 4 N–H and O–H groups in total. The number of aromatic nitrogens is 3. The van der Waals surface area contributed by atoms with Gasteiger partial charge >= 0.3 is 0 Å². The van der Waals surface area contributed by atoms with Gasteiger partial charge in [-0.05, 0) is 17.7 Å². The van der Waals surface area contributed by atoms with Crippen molar-refractivity contribution in [1.82, 2.24) is 20.5 Å². The third kappa shape index (κ3) is 3.34. The number of nitrogens with one attached hydrogen (secondary N) is 2. The summed E-state index contributed by atoms with van der Waals surface area (Å²) >= 11 is 2.62. The maximum Gasteiger partial charge on any atom is 0.230 e. The monoisotopic (exact) mass is 319 g/mol. The predicted molar refractivity (Wildman–Crippen MR) is 85.2 cm³/mol. The summed E-state index contributed by atoms with van der Waals surface area (Å²) in [6.07, 6.45) is 1.89. The molecule has 0 saturated carbocycles. The highest BCUT2D eigenvalue weighted by atomic mass is 32.2. The van der Waals surface area contributed by atoms with Crippen LogP contribution in [0.25, 0.3) is 10.9 Å². The second-order valence-corrected chi connectivity index (χ2v) is 6.56. The smallest absolute Gasteiger partial charge is 0.230 e. The van der Waals surface area contributed by atoms with Gasteiger partial charge in [-0.1, -0.05) is 35.2 Å². The molecule has 21 heavy (non-hydrogen) atoms. The average molecular weight is 319 g/mol. The van der Waals surface area contributed by atoms with Crippen LogP contribution >= 0.6 is 23.1 Å². The zero-order valence-electron chi connectivity index (χ0n) is 11.0. The van der Waals surface area contributed by atoms with Crippen LogP contribution in [0.15, 0.2) is 34.8 Å². The van der Waals surface area contributed by atoms with Crippen LogP contribution in [0.5, 0.6) is 0 Å². The van der Waals surface area contributed by atoms with E-state index in [1.807, 2.05) is 30.5 Å². The first-order valence-electron chi connectivity index (χ1n) is 6.26. The summed E-state index contributed by atoms with van der Waals surface area (Å²) in [5, 5.41) is 12.0. The van der Waals surface area contributed by atoms with Crippen LogP contribution in [0.4, 0.5) is 5.13 Å². The fourth-order valence-electron chi connectivity index (χ4n) is 1.96. The lowest BCUT2D eigenvalue weighted by Gasteiger charge is -2.05. The molecular weight excluding hydrogens is 306 g/mol. The molecule has 108 valence electrons. The largest absolute Gasteiger partial charge is 0.374 e. The fraction of sp³-hybridized carbons (Fsp3) is 0.154. The number of carbonyl (C=O) groups is 1. The number of nitrogen functional groups attached to an aromatic ring is 1. The van der Waals surface area contributed by atoms with Gasteiger partial charge in [0.2, 0.25) is 11.0 Å². The molecule has 0 atom stereocenters. The molecule has 0 aliphatic heterocycles. The molecule has 0 spiro atoms. The van der Waals surface area contributed by atoms with Gasteiger partial charge in [0.05, 0.1) is 5.75 Å². The van der Waals surface area contributed by atoms with E-state index in [1.165, 1.54) is 23.1 Å². The number of nitrogens with two attached hydrogens (primary N) is 1. The number of hydrogen-bond donors (Lipinski definition) is 3. The summed E-state index contributed by atoms with van der Waals surface area (Å²) in [4.78, 5) is 15.0. The molecule has 0 unspecified atom stereocenters. The molecule has 1 aromatic carbocycles. The third-order valence-electron chi connectivity index (χ3n) is 2.91. The summed E-state index contributed by atoms with van der Waals surface area (Å²) in [5.41, 5.74) is 7.65. The molecule has 1 amide bonds. The van der Waals surface area contributed by atoms with Gasteiger partial charge in [-0.15, -0.1) is 10.2 Å². The van der Waals surface area contributed by atoms with Gasteiger partial charge in [-0.25, -0.2) is 0 Å². The number of rotatable bonds is 5. The van der Waals surface area contributed by atoms with Gasteiger partial charge in [0.25, 0.3) is 0 Å². The summed E-state index contributed by atoms with van der Waals surface area (Å²) < 4.78 is 0.704. The minimum Gasteiger partial charge on any atom is -0.374 e. The van der Waals surface area contributed by atoms with Crippen molar-refractivity contribution in [3.63, 3.8) is 0 Å². The van der Waals surface area contributed by atoms with Crippen molar-refractivity contribution in [2.24, 2.45) is 0 Å².